The van der Waals surface area contributed by atoms with Crippen molar-refractivity contribution in [1.29, 1.82) is 0 Å². The van der Waals surface area contributed by atoms with Crippen molar-refractivity contribution in [2.24, 2.45) is 0 Å². The smallest absolute Gasteiger partial charge is 0.118 e. The van der Waals surface area contributed by atoms with E-state index in [-0.39, 0.29) is 5.76 Å². The lowest BCUT2D eigenvalue weighted by atomic mass is 10.2. The number of alkyl halides is 1. The highest BCUT2D eigenvalue weighted by molar-refractivity contribution is 5.26. The maximum atomic E-state index is 11.6. The molecule has 0 saturated carbocycles. The van der Waals surface area contributed by atoms with Crippen LogP contribution in [0.15, 0.2) is 35.6 Å². The summed E-state index contributed by atoms with van der Waals surface area (Å²) in [7, 11) is 0. The highest BCUT2D eigenvalue weighted by Gasteiger charge is 1.89. The molecule has 76 valence electrons. The van der Waals surface area contributed by atoms with Crippen molar-refractivity contribution < 1.29 is 9.50 Å². The first kappa shape index (κ1) is 14.5. The lowest BCUT2D eigenvalue weighted by Gasteiger charge is -1.93. The van der Waals surface area contributed by atoms with Gasteiger partial charge in [-0.25, -0.2) is 4.39 Å². The Bertz CT molecular complexity index is 190. The van der Waals surface area contributed by atoms with Gasteiger partial charge in [-0.1, -0.05) is 32.1 Å². The predicted molar refractivity (Wildman–Crippen MR) is 56.6 cm³/mol. The summed E-state index contributed by atoms with van der Waals surface area (Å²) in [5.41, 5.74) is 0.734. The summed E-state index contributed by atoms with van der Waals surface area (Å²) in [6.07, 6.45) is 6.20. The number of halogens is 1. The SMILES string of the molecule is CC.C\C=C/C(C)=C(O)/C=C\CF. The van der Waals surface area contributed by atoms with Gasteiger partial charge in [-0.15, -0.1) is 0 Å². The molecule has 0 aromatic heterocycles. The summed E-state index contributed by atoms with van der Waals surface area (Å²) < 4.78 is 11.6. The minimum absolute atomic E-state index is 0.112. The molecule has 0 unspecified atom stereocenters. The molecule has 0 aliphatic heterocycles. The van der Waals surface area contributed by atoms with E-state index < -0.39 is 6.67 Å². The number of hydrogen-bond donors (Lipinski definition) is 1. The molecule has 13 heavy (non-hydrogen) atoms. The third-order valence-electron chi connectivity index (χ3n) is 1.19. The fourth-order valence-corrected chi connectivity index (χ4v) is 0.623. The fourth-order valence-electron chi connectivity index (χ4n) is 0.623. The minimum Gasteiger partial charge on any atom is -0.508 e. The Hall–Kier alpha value is -1.05. The number of rotatable bonds is 3. The van der Waals surface area contributed by atoms with Crippen molar-refractivity contribution in [2.75, 3.05) is 6.67 Å². The molecular weight excluding hydrogens is 167 g/mol. The van der Waals surface area contributed by atoms with E-state index in [1.165, 1.54) is 12.2 Å². The summed E-state index contributed by atoms with van der Waals surface area (Å²) in [5, 5.41) is 9.15. The Morgan fingerprint density at radius 2 is 1.85 bits per heavy atom. The van der Waals surface area contributed by atoms with E-state index in [9.17, 15) is 4.39 Å². The molecule has 0 rings (SSSR count). The predicted octanol–water partition coefficient (Wildman–Crippen LogP) is 3.95. The van der Waals surface area contributed by atoms with Crippen LogP contribution >= 0.6 is 0 Å². The van der Waals surface area contributed by atoms with E-state index >= 15 is 0 Å². The van der Waals surface area contributed by atoms with Crippen LogP contribution < -0.4 is 0 Å². The molecule has 0 bridgehead atoms. The zero-order chi connectivity index (χ0) is 10.7. The van der Waals surface area contributed by atoms with Gasteiger partial charge in [0.1, 0.15) is 12.4 Å². The number of aliphatic hydroxyl groups is 1. The molecule has 0 aliphatic rings. The van der Waals surface area contributed by atoms with Gasteiger partial charge in [0.2, 0.25) is 0 Å². The van der Waals surface area contributed by atoms with Gasteiger partial charge in [0.25, 0.3) is 0 Å². The normalized spacial score (nSPS) is 12.7. The van der Waals surface area contributed by atoms with E-state index in [4.69, 9.17) is 5.11 Å². The van der Waals surface area contributed by atoms with Gasteiger partial charge in [-0.3, -0.25) is 0 Å². The van der Waals surface area contributed by atoms with Crippen LogP contribution in [0.1, 0.15) is 27.7 Å². The summed E-state index contributed by atoms with van der Waals surface area (Å²) in [6, 6.07) is 0. The van der Waals surface area contributed by atoms with Crippen LogP contribution in [0.4, 0.5) is 4.39 Å². The molecule has 1 nitrogen and oxygen atoms in total. The summed E-state index contributed by atoms with van der Waals surface area (Å²) in [4.78, 5) is 0. The van der Waals surface area contributed by atoms with Crippen LogP contribution in [-0.2, 0) is 0 Å². The van der Waals surface area contributed by atoms with Crippen molar-refractivity contribution in [3.05, 3.63) is 35.6 Å². The first-order chi connectivity index (χ1) is 6.22. The molecule has 0 heterocycles. The van der Waals surface area contributed by atoms with Crippen LogP contribution in [-0.4, -0.2) is 11.8 Å². The molecule has 0 amide bonds. The second kappa shape index (κ2) is 11.0. The maximum Gasteiger partial charge on any atom is 0.118 e. The van der Waals surface area contributed by atoms with Crippen LogP contribution in [0.25, 0.3) is 0 Å². The molecule has 0 atom stereocenters. The third-order valence-corrected chi connectivity index (χ3v) is 1.19. The average Bonchev–Trinajstić information content (AvgIpc) is 2.17. The van der Waals surface area contributed by atoms with Crippen molar-refractivity contribution in [2.45, 2.75) is 27.7 Å². The first-order valence-electron chi connectivity index (χ1n) is 4.47. The number of hydrogen-bond acceptors (Lipinski definition) is 1. The minimum atomic E-state index is -0.548. The van der Waals surface area contributed by atoms with Gasteiger partial charge in [-0.05, 0) is 25.5 Å². The van der Waals surface area contributed by atoms with Gasteiger partial charge in [-0.2, -0.15) is 0 Å². The number of allylic oxidation sites excluding steroid dienone is 5. The monoisotopic (exact) mass is 186 g/mol. The molecule has 0 radical (unpaired) electrons. The highest BCUT2D eigenvalue weighted by atomic mass is 19.1. The van der Waals surface area contributed by atoms with Crippen LogP contribution in [0, 0.1) is 0 Å². The van der Waals surface area contributed by atoms with E-state index in [1.807, 2.05) is 26.8 Å². The lowest BCUT2D eigenvalue weighted by Crippen LogP contribution is -1.80. The van der Waals surface area contributed by atoms with E-state index in [0.29, 0.717) is 0 Å². The Kier molecular flexibility index (Phi) is 12.2. The Morgan fingerprint density at radius 1 is 1.31 bits per heavy atom. The van der Waals surface area contributed by atoms with Crippen molar-refractivity contribution >= 4 is 0 Å². The van der Waals surface area contributed by atoms with Gasteiger partial charge in [0.05, 0.1) is 0 Å². The summed E-state index contributed by atoms with van der Waals surface area (Å²) >= 11 is 0. The molecule has 0 aromatic rings. The van der Waals surface area contributed by atoms with Gasteiger partial charge >= 0.3 is 0 Å². The van der Waals surface area contributed by atoms with E-state index in [0.717, 1.165) is 5.57 Å². The van der Waals surface area contributed by atoms with Crippen LogP contribution in [0.3, 0.4) is 0 Å². The average molecular weight is 186 g/mol. The van der Waals surface area contributed by atoms with E-state index in [1.54, 1.807) is 13.0 Å². The summed E-state index contributed by atoms with van der Waals surface area (Å²) in [5.74, 6) is 0.112. The Morgan fingerprint density at radius 3 is 2.23 bits per heavy atom. The molecular formula is C11H19FO. The number of aliphatic hydroxyl groups excluding tert-OH is 1. The molecule has 0 saturated heterocycles. The van der Waals surface area contributed by atoms with Crippen molar-refractivity contribution in [3.63, 3.8) is 0 Å². The third kappa shape index (κ3) is 8.86. The molecule has 0 aromatic carbocycles. The second-order valence-electron chi connectivity index (χ2n) is 2.12. The highest BCUT2D eigenvalue weighted by Crippen LogP contribution is 2.03. The first-order valence-corrected chi connectivity index (χ1v) is 4.47. The molecule has 0 spiro atoms. The molecule has 0 fully saturated rings. The standard InChI is InChI=1S/C9H13FO.C2H6/c1-3-5-8(2)9(11)6-4-7-10;1-2/h3-6,11H,7H2,1-2H3;1-2H3/b5-3-,6-4-,9-8-;. The maximum absolute atomic E-state index is 11.6. The van der Waals surface area contributed by atoms with Gasteiger partial charge < -0.3 is 5.11 Å². The lowest BCUT2D eigenvalue weighted by molar-refractivity contribution is 0.426. The Balaban J connectivity index is 0. The van der Waals surface area contributed by atoms with Crippen LogP contribution in [0.5, 0.6) is 0 Å². The van der Waals surface area contributed by atoms with Crippen molar-refractivity contribution in [1.82, 2.24) is 0 Å². The van der Waals surface area contributed by atoms with Gasteiger partial charge in [0.15, 0.2) is 0 Å². The molecule has 2 heteroatoms. The van der Waals surface area contributed by atoms with Gasteiger partial charge in [0, 0.05) is 0 Å². The second-order valence-corrected chi connectivity index (χ2v) is 2.12. The molecule has 1 N–H and O–H groups in total. The van der Waals surface area contributed by atoms with E-state index in [2.05, 4.69) is 0 Å². The quantitative estimate of drug-likeness (QED) is 0.522. The zero-order valence-electron chi connectivity index (χ0n) is 8.84. The van der Waals surface area contributed by atoms with Crippen molar-refractivity contribution in [3.8, 4) is 0 Å². The topological polar surface area (TPSA) is 20.2 Å². The zero-order valence-corrected chi connectivity index (χ0v) is 8.84. The fraction of sp³-hybridized carbons (Fsp3) is 0.455. The summed E-state index contributed by atoms with van der Waals surface area (Å²) in [6.45, 7) is 7.07. The van der Waals surface area contributed by atoms with Crippen LogP contribution in [0.2, 0.25) is 0 Å². The Labute approximate surface area is 80.3 Å². The largest absolute Gasteiger partial charge is 0.508 e. The molecule has 0 aliphatic carbocycles.